The maximum atomic E-state index is 11.1. The molecule has 0 saturated carbocycles. The average Bonchev–Trinajstić information content (AvgIpc) is 3.19. The number of fused-ring (bicyclic) bond motifs is 1. The van der Waals surface area contributed by atoms with Crippen molar-refractivity contribution in [1.82, 2.24) is 15.4 Å². The van der Waals surface area contributed by atoms with E-state index in [1.54, 1.807) is 0 Å². The number of para-hydroxylation sites is 2. The SMILES string of the molecule is CCCCCCCCc1c(C(=O)O)cc(O)c(O)c1O.c1ccc2n[nH]nc2c1. The monoisotopic (exact) mass is 401 g/mol. The fraction of sp³-hybridized carbons (Fsp3) is 0.381. The highest BCUT2D eigenvalue weighted by Gasteiger charge is 2.20. The molecule has 0 atom stereocenters. The second-order valence-electron chi connectivity index (χ2n) is 6.75. The number of aromatic carboxylic acids is 1. The van der Waals surface area contributed by atoms with Gasteiger partial charge in [-0.15, -0.1) is 0 Å². The summed E-state index contributed by atoms with van der Waals surface area (Å²) in [5.41, 5.74) is 1.85. The Hall–Kier alpha value is -3.29. The van der Waals surface area contributed by atoms with E-state index in [0.29, 0.717) is 6.42 Å². The van der Waals surface area contributed by atoms with Crippen LogP contribution >= 0.6 is 0 Å². The molecule has 3 aromatic rings. The molecule has 1 heterocycles. The minimum absolute atomic E-state index is 0.161. The summed E-state index contributed by atoms with van der Waals surface area (Å²) in [7, 11) is 0. The molecule has 0 bridgehead atoms. The number of rotatable bonds is 8. The Labute approximate surface area is 168 Å². The van der Waals surface area contributed by atoms with Crippen molar-refractivity contribution in [2.75, 3.05) is 0 Å². The molecule has 29 heavy (non-hydrogen) atoms. The van der Waals surface area contributed by atoms with Crippen LogP contribution < -0.4 is 0 Å². The van der Waals surface area contributed by atoms with Gasteiger partial charge in [-0.3, -0.25) is 0 Å². The van der Waals surface area contributed by atoms with Crippen LogP contribution in [-0.4, -0.2) is 41.8 Å². The first-order valence-corrected chi connectivity index (χ1v) is 9.71. The molecule has 0 spiro atoms. The van der Waals surface area contributed by atoms with Gasteiger partial charge < -0.3 is 20.4 Å². The number of nitrogens with one attached hydrogen (secondary N) is 1. The van der Waals surface area contributed by atoms with E-state index in [-0.39, 0.29) is 11.1 Å². The predicted molar refractivity (Wildman–Crippen MR) is 109 cm³/mol. The summed E-state index contributed by atoms with van der Waals surface area (Å²) in [4.78, 5) is 11.1. The molecule has 0 aliphatic heterocycles. The molecule has 1 aromatic heterocycles. The number of unbranched alkanes of at least 4 members (excludes halogenated alkanes) is 5. The van der Waals surface area contributed by atoms with Crippen LogP contribution in [0.4, 0.5) is 0 Å². The lowest BCUT2D eigenvalue weighted by molar-refractivity contribution is 0.0694. The largest absolute Gasteiger partial charge is 0.504 e. The lowest BCUT2D eigenvalue weighted by atomic mass is 9.98. The number of carboxylic acid groups (broad SMARTS) is 1. The molecule has 0 aliphatic carbocycles. The zero-order chi connectivity index (χ0) is 21.2. The van der Waals surface area contributed by atoms with E-state index < -0.39 is 23.2 Å². The van der Waals surface area contributed by atoms with Gasteiger partial charge in [0, 0.05) is 5.56 Å². The molecule has 3 rings (SSSR count). The third kappa shape index (κ3) is 6.10. The van der Waals surface area contributed by atoms with Crippen LogP contribution in [0, 0.1) is 0 Å². The number of H-pyrrole nitrogens is 1. The molecule has 0 amide bonds. The number of carboxylic acids is 1. The van der Waals surface area contributed by atoms with Crippen molar-refractivity contribution in [2.45, 2.75) is 51.9 Å². The van der Waals surface area contributed by atoms with Crippen LogP contribution in [0.5, 0.6) is 17.2 Å². The molecule has 0 fully saturated rings. The zero-order valence-corrected chi connectivity index (χ0v) is 16.4. The topological polar surface area (TPSA) is 140 Å². The molecule has 0 saturated heterocycles. The molecule has 5 N–H and O–H groups in total. The maximum Gasteiger partial charge on any atom is 0.336 e. The standard InChI is InChI=1S/C15H22O5.C6H5N3/c1-2-3-4-5-6-7-8-10-11(15(19)20)9-12(16)14(18)13(10)17;1-2-4-6-5(3-1)7-9-8-6/h9,16-18H,2-8H2,1H3,(H,19,20);1-4H,(H,7,8,9). The number of aromatic hydroxyl groups is 3. The van der Waals surface area contributed by atoms with Gasteiger partial charge in [0.25, 0.3) is 0 Å². The van der Waals surface area contributed by atoms with Crippen LogP contribution in [0.3, 0.4) is 0 Å². The Morgan fingerprint density at radius 3 is 2.10 bits per heavy atom. The highest BCUT2D eigenvalue weighted by atomic mass is 16.4. The summed E-state index contributed by atoms with van der Waals surface area (Å²) in [5.74, 6) is -3.03. The Kier molecular flexibility index (Phi) is 8.27. The summed E-state index contributed by atoms with van der Waals surface area (Å²) in [6.45, 7) is 2.14. The number of phenolic OH excluding ortho intramolecular Hbond substituents is 3. The van der Waals surface area contributed by atoms with Crippen LogP contribution in [0.25, 0.3) is 11.0 Å². The number of aromatic amines is 1. The molecule has 0 radical (unpaired) electrons. The number of carbonyl (C=O) groups is 1. The molecular formula is C21H27N3O5. The number of phenols is 3. The highest BCUT2D eigenvalue weighted by Crippen LogP contribution is 2.40. The van der Waals surface area contributed by atoms with E-state index in [0.717, 1.165) is 49.2 Å². The van der Waals surface area contributed by atoms with Crippen molar-refractivity contribution in [2.24, 2.45) is 0 Å². The van der Waals surface area contributed by atoms with Gasteiger partial charge in [-0.05, 0) is 31.0 Å². The van der Waals surface area contributed by atoms with Crippen LogP contribution in [0.2, 0.25) is 0 Å². The third-order valence-electron chi connectivity index (χ3n) is 4.59. The second-order valence-corrected chi connectivity index (χ2v) is 6.75. The van der Waals surface area contributed by atoms with Gasteiger partial charge in [0.15, 0.2) is 11.5 Å². The second kappa shape index (κ2) is 10.9. The van der Waals surface area contributed by atoms with E-state index >= 15 is 0 Å². The molecule has 0 unspecified atom stereocenters. The first kappa shape index (κ1) is 22.0. The van der Waals surface area contributed by atoms with E-state index in [1.807, 2.05) is 24.3 Å². The Balaban J connectivity index is 0.000000272. The zero-order valence-electron chi connectivity index (χ0n) is 16.4. The van der Waals surface area contributed by atoms with Gasteiger partial charge in [0.05, 0.1) is 5.56 Å². The van der Waals surface area contributed by atoms with Gasteiger partial charge in [0.2, 0.25) is 5.75 Å². The van der Waals surface area contributed by atoms with Gasteiger partial charge >= 0.3 is 5.97 Å². The van der Waals surface area contributed by atoms with Crippen molar-refractivity contribution in [1.29, 1.82) is 0 Å². The van der Waals surface area contributed by atoms with Crippen molar-refractivity contribution in [3.63, 3.8) is 0 Å². The fourth-order valence-corrected chi connectivity index (χ4v) is 3.00. The molecular weight excluding hydrogens is 374 g/mol. The summed E-state index contributed by atoms with van der Waals surface area (Å²) in [6, 6.07) is 8.68. The van der Waals surface area contributed by atoms with E-state index in [2.05, 4.69) is 22.3 Å². The number of nitrogens with zero attached hydrogens (tertiary/aromatic N) is 2. The van der Waals surface area contributed by atoms with Gasteiger partial charge in [-0.2, -0.15) is 15.4 Å². The lowest BCUT2D eigenvalue weighted by Gasteiger charge is -2.11. The van der Waals surface area contributed by atoms with Crippen molar-refractivity contribution in [3.05, 3.63) is 41.5 Å². The van der Waals surface area contributed by atoms with E-state index in [4.69, 9.17) is 5.11 Å². The molecule has 2 aromatic carbocycles. The minimum Gasteiger partial charge on any atom is -0.504 e. The summed E-state index contributed by atoms with van der Waals surface area (Å²) in [6.07, 6.45) is 6.62. The van der Waals surface area contributed by atoms with Crippen LogP contribution in [-0.2, 0) is 6.42 Å². The van der Waals surface area contributed by atoms with Crippen molar-refractivity contribution >= 4 is 17.0 Å². The Morgan fingerprint density at radius 1 is 0.931 bits per heavy atom. The van der Waals surface area contributed by atoms with E-state index in [1.165, 1.54) is 6.42 Å². The van der Waals surface area contributed by atoms with Gasteiger partial charge in [0.1, 0.15) is 11.0 Å². The first-order chi connectivity index (χ1) is 14.0. The van der Waals surface area contributed by atoms with Gasteiger partial charge in [-0.25, -0.2) is 4.79 Å². The van der Waals surface area contributed by atoms with Crippen molar-refractivity contribution < 1.29 is 25.2 Å². The third-order valence-corrected chi connectivity index (χ3v) is 4.59. The summed E-state index contributed by atoms with van der Waals surface area (Å²) in [5, 5.41) is 48.0. The fourth-order valence-electron chi connectivity index (χ4n) is 3.00. The summed E-state index contributed by atoms with van der Waals surface area (Å²) < 4.78 is 0. The molecule has 156 valence electrons. The number of hydrogen-bond acceptors (Lipinski definition) is 6. The Morgan fingerprint density at radius 2 is 1.52 bits per heavy atom. The first-order valence-electron chi connectivity index (χ1n) is 9.71. The lowest BCUT2D eigenvalue weighted by Crippen LogP contribution is -2.03. The van der Waals surface area contributed by atoms with Crippen LogP contribution in [0.15, 0.2) is 30.3 Å². The molecule has 0 aliphatic rings. The summed E-state index contributed by atoms with van der Waals surface area (Å²) >= 11 is 0. The predicted octanol–water partition coefficient (Wildman–Crippen LogP) is 4.36. The normalized spacial score (nSPS) is 10.5. The average molecular weight is 401 g/mol. The van der Waals surface area contributed by atoms with Crippen molar-refractivity contribution in [3.8, 4) is 17.2 Å². The van der Waals surface area contributed by atoms with Gasteiger partial charge in [-0.1, -0.05) is 51.2 Å². The highest BCUT2D eigenvalue weighted by molar-refractivity contribution is 5.91. The van der Waals surface area contributed by atoms with Crippen LogP contribution in [0.1, 0.15) is 61.4 Å². The van der Waals surface area contributed by atoms with E-state index in [9.17, 15) is 20.1 Å². The maximum absolute atomic E-state index is 11.1. The quantitative estimate of drug-likeness (QED) is 0.279. The number of hydrogen-bond donors (Lipinski definition) is 5. The smallest absolute Gasteiger partial charge is 0.336 e. The number of aromatic nitrogens is 3. The minimum atomic E-state index is -1.23. The molecule has 8 heteroatoms. The molecule has 8 nitrogen and oxygen atoms in total. The number of benzene rings is 2. The Bertz CT molecular complexity index is 909.